The van der Waals surface area contributed by atoms with Crippen LogP contribution >= 0.6 is 11.6 Å². The van der Waals surface area contributed by atoms with E-state index in [0.29, 0.717) is 6.04 Å². The van der Waals surface area contributed by atoms with Crippen molar-refractivity contribution in [2.45, 2.75) is 39.7 Å². The first-order chi connectivity index (χ1) is 10.1. The SMILES string of the molecule is CCNC(Cc1ccc(Cl)cc1)Cc1cc(C)ccc1C. The Balaban J connectivity index is 2.11. The van der Waals surface area contributed by atoms with Crippen LogP contribution < -0.4 is 5.32 Å². The van der Waals surface area contributed by atoms with Crippen LogP contribution in [0.5, 0.6) is 0 Å². The zero-order valence-electron chi connectivity index (χ0n) is 13.1. The molecule has 0 aliphatic carbocycles. The van der Waals surface area contributed by atoms with Crippen molar-refractivity contribution >= 4 is 11.6 Å². The number of rotatable bonds is 6. The van der Waals surface area contributed by atoms with Gasteiger partial charge in [0.15, 0.2) is 0 Å². The molecule has 1 nitrogen and oxygen atoms in total. The van der Waals surface area contributed by atoms with Crippen LogP contribution in [0.2, 0.25) is 5.02 Å². The molecule has 0 aliphatic heterocycles. The van der Waals surface area contributed by atoms with Gasteiger partial charge in [0.05, 0.1) is 0 Å². The molecule has 0 radical (unpaired) electrons. The van der Waals surface area contributed by atoms with E-state index in [1.807, 2.05) is 12.1 Å². The van der Waals surface area contributed by atoms with E-state index >= 15 is 0 Å². The van der Waals surface area contributed by atoms with E-state index in [2.05, 4.69) is 56.4 Å². The molecule has 0 amide bonds. The molecular weight excluding hydrogens is 278 g/mol. The molecule has 2 heteroatoms. The summed E-state index contributed by atoms with van der Waals surface area (Å²) in [5.41, 5.74) is 5.47. The Morgan fingerprint density at radius 1 is 1.00 bits per heavy atom. The Labute approximate surface area is 133 Å². The van der Waals surface area contributed by atoms with Crippen molar-refractivity contribution in [3.05, 3.63) is 69.7 Å². The molecule has 0 heterocycles. The first-order valence-electron chi connectivity index (χ1n) is 7.62. The summed E-state index contributed by atoms with van der Waals surface area (Å²) < 4.78 is 0. The van der Waals surface area contributed by atoms with E-state index in [0.717, 1.165) is 24.4 Å². The van der Waals surface area contributed by atoms with Crippen LogP contribution in [0.15, 0.2) is 42.5 Å². The van der Waals surface area contributed by atoms with Crippen LogP contribution in [0.1, 0.15) is 29.2 Å². The normalized spacial score (nSPS) is 12.4. The highest BCUT2D eigenvalue weighted by Gasteiger charge is 2.11. The smallest absolute Gasteiger partial charge is 0.0406 e. The van der Waals surface area contributed by atoms with Crippen molar-refractivity contribution in [2.24, 2.45) is 0 Å². The summed E-state index contributed by atoms with van der Waals surface area (Å²) in [6.45, 7) is 7.51. The molecule has 1 atom stereocenters. The lowest BCUT2D eigenvalue weighted by molar-refractivity contribution is 0.520. The summed E-state index contributed by atoms with van der Waals surface area (Å²) in [5.74, 6) is 0. The van der Waals surface area contributed by atoms with Crippen molar-refractivity contribution in [3.8, 4) is 0 Å². The average molecular weight is 302 g/mol. The summed E-state index contributed by atoms with van der Waals surface area (Å²) in [6, 6.07) is 15.3. The molecule has 0 saturated carbocycles. The fraction of sp³-hybridized carbons (Fsp3) is 0.368. The third-order valence-electron chi connectivity index (χ3n) is 3.86. The lowest BCUT2D eigenvalue weighted by Gasteiger charge is -2.19. The van der Waals surface area contributed by atoms with Crippen molar-refractivity contribution in [2.75, 3.05) is 6.54 Å². The number of halogens is 1. The van der Waals surface area contributed by atoms with Gasteiger partial charge in [-0.05, 0) is 62.1 Å². The quantitative estimate of drug-likeness (QED) is 0.814. The monoisotopic (exact) mass is 301 g/mol. The minimum Gasteiger partial charge on any atom is -0.314 e. The maximum Gasteiger partial charge on any atom is 0.0406 e. The van der Waals surface area contributed by atoms with E-state index in [9.17, 15) is 0 Å². The Bertz CT molecular complexity index is 575. The molecule has 112 valence electrons. The van der Waals surface area contributed by atoms with Gasteiger partial charge in [0.25, 0.3) is 0 Å². The largest absolute Gasteiger partial charge is 0.314 e. The first kappa shape index (κ1) is 16.1. The van der Waals surface area contributed by atoms with Gasteiger partial charge < -0.3 is 5.32 Å². The van der Waals surface area contributed by atoms with Crippen LogP contribution in [-0.4, -0.2) is 12.6 Å². The summed E-state index contributed by atoms with van der Waals surface area (Å²) in [6.07, 6.45) is 2.09. The molecule has 2 aromatic rings. The molecule has 1 unspecified atom stereocenters. The molecule has 0 fully saturated rings. The molecule has 2 aromatic carbocycles. The van der Waals surface area contributed by atoms with Crippen LogP contribution in [-0.2, 0) is 12.8 Å². The van der Waals surface area contributed by atoms with Crippen LogP contribution in [0.3, 0.4) is 0 Å². The summed E-state index contributed by atoms with van der Waals surface area (Å²) in [7, 11) is 0. The molecule has 0 bridgehead atoms. The van der Waals surface area contributed by atoms with Gasteiger partial charge in [-0.3, -0.25) is 0 Å². The Hall–Kier alpha value is -1.31. The Kier molecular flexibility index (Phi) is 5.84. The predicted molar refractivity (Wildman–Crippen MR) is 92.2 cm³/mol. The summed E-state index contributed by atoms with van der Waals surface area (Å²) >= 11 is 5.96. The second-order valence-corrected chi connectivity index (χ2v) is 6.16. The summed E-state index contributed by atoms with van der Waals surface area (Å²) in [4.78, 5) is 0. The Morgan fingerprint density at radius 3 is 2.38 bits per heavy atom. The Morgan fingerprint density at radius 2 is 1.71 bits per heavy atom. The number of hydrogen-bond donors (Lipinski definition) is 1. The number of benzene rings is 2. The topological polar surface area (TPSA) is 12.0 Å². The average Bonchev–Trinajstić information content (AvgIpc) is 2.45. The van der Waals surface area contributed by atoms with E-state index in [1.54, 1.807) is 0 Å². The first-order valence-corrected chi connectivity index (χ1v) is 8.00. The fourth-order valence-corrected chi connectivity index (χ4v) is 2.82. The second kappa shape index (κ2) is 7.63. The highest BCUT2D eigenvalue weighted by atomic mass is 35.5. The number of hydrogen-bond acceptors (Lipinski definition) is 1. The van der Waals surface area contributed by atoms with Crippen molar-refractivity contribution in [1.29, 1.82) is 0 Å². The van der Waals surface area contributed by atoms with Gasteiger partial charge in [-0.15, -0.1) is 0 Å². The lowest BCUT2D eigenvalue weighted by atomic mass is 9.95. The van der Waals surface area contributed by atoms with Crippen molar-refractivity contribution in [3.63, 3.8) is 0 Å². The molecule has 2 rings (SSSR count). The van der Waals surface area contributed by atoms with Gasteiger partial charge in [0.2, 0.25) is 0 Å². The maximum absolute atomic E-state index is 5.96. The molecule has 0 spiro atoms. The minimum atomic E-state index is 0.455. The number of likely N-dealkylation sites (N-methyl/N-ethyl adjacent to an activating group) is 1. The molecular formula is C19H24ClN. The zero-order valence-corrected chi connectivity index (χ0v) is 13.9. The third kappa shape index (κ3) is 4.87. The molecule has 21 heavy (non-hydrogen) atoms. The van der Waals surface area contributed by atoms with Gasteiger partial charge in [-0.1, -0.05) is 54.4 Å². The zero-order chi connectivity index (χ0) is 15.2. The van der Waals surface area contributed by atoms with Crippen molar-refractivity contribution in [1.82, 2.24) is 5.32 Å². The van der Waals surface area contributed by atoms with Gasteiger partial charge in [0, 0.05) is 11.1 Å². The van der Waals surface area contributed by atoms with E-state index in [-0.39, 0.29) is 0 Å². The summed E-state index contributed by atoms with van der Waals surface area (Å²) in [5, 5.41) is 4.41. The van der Waals surface area contributed by atoms with Crippen molar-refractivity contribution < 1.29 is 0 Å². The standard InChI is InChI=1S/C19H24ClN/c1-4-21-19(12-16-7-9-18(20)10-8-16)13-17-11-14(2)5-6-15(17)3/h5-11,19,21H,4,12-13H2,1-3H3. The van der Waals surface area contributed by atoms with Crippen LogP contribution in [0.25, 0.3) is 0 Å². The van der Waals surface area contributed by atoms with Crippen LogP contribution in [0.4, 0.5) is 0 Å². The molecule has 0 aromatic heterocycles. The molecule has 0 aliphatic rings. The van der Waals surface area contributed by atoms with E-state index in [1.165, 1.54) is 22.3 Å². The van der Waals surface area contributed by atoms with E-state index in [4.69, 9.17) is 11.6 Å². The highest BCUT2D eigenvalue weighted by molar-refractivity contribution is 6.30. The maximum atomic E-state index is 5.96. The number of nitrogens with one attached hydrogen (secondary N) is 1. The highest BCUT2D eigenvalue weighted by Crippen LogP contribution is 2.16. The van der Waals surface area contributed by atoms with Gasteiger partial charge in [-0.25, -0.2) is 0 Å². The fourth-order valence-electron chi connectivity index (χ4n) is 2.70. The second-order valence-electron chi connectivity index (χ2n) is 5.72. The van der Waals surface area contributed by atoms with E-state index < -0.39 is 0 Å². The molecule has 1 N–H and O–H groups in total. The number of aryl methyl sites for hydroxylation is 2. The van der Waals surface area contributed by atoms with Crippen LogP contribution in [0, 0.1) is 13.8 Å². The third-order valence-corrected chi connectivity index (χ3v) is 4.11. The van der Waals surface area contributed by atoms with Gasteiger partial charge in [0.1, 0.15) is 0 Å². The van der Waals surface area contributed by atoms with Gasteiger partial charge >= 0.3 is 0 Å². The predicted octanol–water partition coefficient (Wildman–Crippen LogP) is 4.72. The molecule has 0 saturated heterocycles. The van der Waals surface area contributed by atoms with Gasteiger partial charge in [-0.2, -0.15) is 0 Å². The minimum absolute atomic E-state index is 0.455. The lowest BCUT2D eigenvalue weighted by Crippen LogP contribution is -2.33.